The number of halogens is 1. The van der Waals surface area contributed by atoms with Crippen molar-refractivity contribution in [3.63, 3.8) is 0 Å². The molecule has 6 nitrogen and oxygen atoms in total. The summed E-state index contributed by atoms with van der Waals surface area (Å²) in [6.07, 6.45) is 5.65. The zero-order valence-electron chi connectivity index (χ0n) is 19.3. The molecule has 3 aliphatic rings. The molecule has 1 N–H and O–H groups in total. The van der Waals surface area contributed by atoms with Crippen molar-refractivity contribution in [2.24, 2.45) is 23.8 Å². The Hall–Kier alpha value is -2.36. The van der Waals surface area contributed by atoms with Crippen molar-refractivity contribution >= 4 is 34.3 Å². The van der Waals surface area contributed by atoms with E-state index in [1.165, 1.54) is 0 Å². The molecule has 2 bridgehead atoms. The van der Waals surface area contributed by atoms with Crippen molar-refractivity contribution in [1.29, 1.82) is 5.26 Å². The van der Waals surface area contributed by atoms with E-state index in [-0.39, 0.29) is 35.4 Å². The van der Waals surface area contributed by atoms with E-state index in [1.807, 2.05) is 25.2 Å². The highest BCUT2D eigenvalue weighted by atomic mass is 35.5. The average molecular weight is 471 g/mol. The van der Waals surface area contributed by atoms with Crippen LogP contribution in [0.4, 0.5) is 0 Å². The molecule has 0 radical (unpaired) electrons. The van der Waals surface area contributed by atoms with Gasteiger partial charge in [-0.1, -0.05) is 18.5 Å². The Labute approximate surface area is 199 Å². The first-order chi connectivity index (χ1) is 15.7. The Morgan fingerprint density at radius 1 is 1.27 bits per heavy atom. The fourth-order valence-corrected chi connectivity index (χ4v) is 6.09. The number of aromatic nitrogens is 1. The first-order valence-electron chi connectivity index (χ1n) is 11.7. The van der Waals surface area contributed by atoms with Gasteiger partial charge in [-0.15, -0.1) is 0 Å². The number of aryl methyl sites for hydroxylation is 1. The normalized spacial score (nSPS) is 24.1. The van der Waals surface area contributed by atoms with Gasteiger partial charge >= 0.3 is 5.97 Å². The summed E-state index contributed by atoms with van der Waals surface area (Å²) in [5, 5.41) is 19.6. The quantitative estimate of drug-likeness (QED) is 0.324. The molecular weight excluding hydrogens is 440 g/mol. The Balaban J connectivity index is 1.38. The number of ether oxygens (including phenoxy) is 1. The minimum Gasteiger partial charge on any atom is -0.481 e. The van der Waals surface area contributed by atoms with E-state index in [0.717, 1.165) is 61.7 Å². The third-order valence-corrected chi connectivity index (χ3v) is 7.59. The number of Topliss-reactive ketones (excluding diaryl/α,β-unsaturated/α-hetero) is 1. The third kappa shape index (κ3) is 4.67. The monoisotopic (exact) mass is 470 g/mol. The molecule has 0 unspecified atom stereocenters. The van der Waals surface area contributed by atoms with Crippen LogP contribution in [-0.4, -0.2) is 34.6 Å². The van der Waals surface area contributed by atoms with Crippen molar-refractivity contribution in [3.05, 3.63) is 34.5 Å². The largest absolute Gasteiger partial charge is 0.481 e. The highest BCUT2D eigenvalue weighted by Crippen LogP contribution is 2.72. The maximum Gasteiger partial charge on any atom is 0.303 e. The van der Waals surface area contributed by atoms with Crippen molar-refractivity contribution < 1.29 is 19.4 Å². The van der Waals surface area contributed by atoms with Crippen LogP contribution in [0.3, 0.4) is 0 Å². The fraction of sp³-hybridized carbons (Fsp3) is 0.577. The highest BCUT2D eigenvalue weighted by Gasteiger charge is 2.68. The fourth-order valence-electron chi connectivity index (χ4n) is 5.92. The molecule has 3 fully saturated rings. The van der Waals surface area contributed by atoms with Gasteiger partial charge in [-0.3, -0.25) is 9.59 Å². The minimum absolute atomic E-state index is 0.0269. The molecule has 0 amide bonds. The van der Waals surface area contributed by atoms with Crippen LogP contribution >= 0.6 is 11.6 Å². The summed E-state index contributed by atoms with van der Waals surface area (Å²) < 4.78 is 7.98. The van der Waals surface area contributed by atoms with Crippen LogP contribution in [0.15, 0.2) is 18.2 Å². The topological polar surface area (TPSA) is 92.3 Å². The van der Waals surface area contributed by atoms with Gasteiger partial charge in [-0.05, 0) is 68.1 Å². The summed E-state index contributed by atoms with van der Waals surface area (Å²) in [6, 6.07) is 8.01. The van der Waals surface area contributed by atoms with Crippen LogP contribution in [0, 0.1) is 28.1 Å². The van der Waals surface area contributed by atoms with E-state index in [9.17, 15) is 9.59 Å². The summed E-state index contributed by atoms with van der Waals surface area (Å²) in [7, 11) is 1.97. The molecule has 5 rings (SSSR count). The molecule has 2 aromatic rings. The molecule has 3 saturated carbocycles. The first kappa shape index (κ1) is 23.8. The number of rotatable bonds is 12. The average Bonchev–Trinajstić information content (AvgIpc) is 2.95. The lowest BCUT2D eigenvalue weighted by molar-refractivity contribution is -0.197. The molecule has 0 saturated heterocycles. The molecule has 1 aromatic heterocycles. The molecule has 176 valence electrons. The van der Waals surface area contributed by atoms with Crippen LogP contribution in [0.1, 0.15) is 67.9 Å². The smallest absolute Gasteiger partial charge is 0.303 e. The standard InChI is InChI=1S/C26H31ClN2O4/c1-17(10-23(31)32)9-22(30)24-19-11-18(27)6-7-20(19)29(2)21(24)5-3-4-8-33-16-26-12-25(13-26,14-26)15-28/h6-7,11,17H,3-5,8-10,12-14,16H2,1-2H3,(H,31,32)/t17-,25?,26?/m0/s1. The second-order valence-corrected chi connectivity index (χ2v) is 10.7. The van der Waals surface area contributed by atoms with Gasteiger partial charge in [0.05, 0.1) is 18.1 Å². The number of fused-ring (bicyclic) bond motifs is 1. The Bertz CT molecular complexity index is 1110. The van der Waals surface area contributed by atoms with Gasteiger partial charge in [0.25, 0.3) is 0 Å². The maximum atomic E-state index is 13.2. The van der Waals surface area contributed by atoms with Gasteiger partial charge in [-0.25, -0.2) is 0 Å². The SMILES string of the molecule is C[C@H](CC(=O)O)CC(=O)c1c(CCCCOCC23CC(C#N)(C2)C3)n(C)c2ccc(Cl)cc12. The molecule has 1 aromatic carbocycles. The summed E-state index contributed by atoms with van der Waals surface area (Å²) >= 11 is 6.24. The van der Waals surface area contributed by atoms with E-state index in [2.05, 4.69) is 10.6 Å². The lowest BCUT2D eigenvalue weighted by Gasteiger charge is -2.67. The number of benzene rings is 1. The van der Waals surface area contributed by atoms with Crippen molar-refractivity contribution in [3.8, 4) is 6.07 Å². The number of unbranched alkanes of at least 4 members (excludes halogenated alkanes) is 1. The number of nitriles is 1. The van der Waals surface area contributed by atoms with E-state index < -0.39 is 5.97 Å². The van der Waals surface area contributed by atoms with Gasteiger partial charge in [0.2, 0.25) is 0 Å². The number of ketones is 1. The molecular formula is C26H31ClN2O4. The number of carbonyl (C=O) groups excluding carboxylic acids is 1. The Morgan fingerprint density at radius 2 is 2.00 bits per heavy atom. The van der Waals surface area contributed by atoms with Gasteiger partial charge in [0, 0.05) is 53.7 Å². The number of carboxylic acid groups (broad SMARTS) is 1. The molecule has 0 spiro atoms. The van der Waals surface area contributed by atoms with Crippen molar-refractivity contribution in [2.45, 2.75) is 58.3 Å². The predicted octanol–water partition coefficient (Wildman–Crippen LogP) is 5.55. The Morgan fingerprint density at radius 3 is 2.67 bits per heavy atom. The van der Waals surface area contributed by atoms with Crippen LogP contribution in [0.2, 0.25) is 5.02 Å². The van der Waals surface area contributed by atoms with Crippen molar-refractivity contribution in [1.82, 2.24) is 4.57 Å². The number of aliphatic carboxylic acids is 1. The molecule has 0 aliphatic heterocycles. The minimum atomic E-state index is -0.891. The summed E-state index contributed by atoms with van der Waals surface area (Å²) in [5.74, 6) is -1.15. The molecule has 33 heavy (non-hydrogen) atoms. The summed E-state index contributed by atoms with van der Waals surface area (Å²) in [5.41, 5.74) is 2.82. The summed E-state index contributed by atoms with van der Waals surface area (Å²) in [6.45, 7) is 3.22. The van der Waals surface area contributed by atoms with E-state index in [0.29, 0.717) is 17.2 Å². The van der Waals surface area contributed by atoms with Crippen molar-refractivity contribution in [2.75, 3.05) is 13.2 Å². The van der Waals surface area contributed by atoms with E-state index in [4.69, 9.17) is 26.7 Å². The molecule has 1 heterocycles. The predicted molar refractivity (Wildman–Crippen MR) is 126 cm³/mol. The van der Waals surface area contributed by atoms with Crippen LogP contribution in [0.5, 0.6) is 0 Å². The summed E-state index contributed by atoms with van der Waals surface area (Å²) in [4.78, 5) is 24.3. The second-order valence-electron chi connectivity index (χ2n) is 10.3. The number of carbonyl (C=O) groups is 2. The van der Waals surface area contributed by atoms with E-state index >= 15 is 0 Å². The molecule has 1 atom stereocenters. The van der Waals surface area contributed by atoms with Gasteiger partial charge < -0.3 is 14.4 Å². The number of hydrogen-bond acceptors (Lipinski definition) is 4. The number of nitrogens with zero attached hydrogens (tertiary/aromatic N) is 2. The zero-order chi connectivity index (χ0) is 23.8. The van der Waals surface area contributed by atoms with E-state index in [1.54, 1.807) is 6.92 Å². The first-order valence-corrected chi connectivity index (χ1v) is 12.1. The molecule has 7 heteroatoms. The third-order valence-electron chi connectivity index (χ3n) is 7.36. The lowest BCUT2D eigenvalue weighted by atomic mass is 9.36. The van der Waals surface area contributed by atoms with Gasteiger partial charge in [0.15, 0.2) is 5.78 Å². The maximum absolute atomic E-state index is 13.2. The van der Waals surface area contributed by atoms with Gasteiger partial charge in [0.1, 0.15) is 0 Å². The number of hydrogen-bond donors (Lipinski definition) is 1. The molecule has 3 aliphatic carbocycles. The van der Waals surface area contributed by atoms with Crippen LogP contribution < -0.4 is 0 Å². The highest BCUT2D eigenvalue weighted by molar-refractivity contribution is 6.31. The second kappa shape index (κ2) is 9.12. The van der Waals surface area contributed by atoms with Gasteiger partial charge in [-0.2, -0.15) is 5.26 Å². The Kier molecular flexibility index (Phi) is 6.57. The number of carboxylic acids is 1. The van der Waals surface area contributed by atoms with Crippen LogP contribution in [0.25, 0.3) is 10.9 Å². The van der Waals surface area contributed by atoms with Crippen LogP contribution in [-0.2, 0) is 23.0 Å². The zero-order valence-corrected chi connectivity index (χ0v) is 20.1. The lowest BCUT2D eigenvalue weighted by Crippen LogP contribution is -2.62.